The van der Waals surface area contributed by atoms with Gasteiger partial charge >= 0.3 is 0 Å². The monoisotopic (exact) mass is 350 g/mol. The SMILES string of the molecule is CC1(C)OCC(C2OC(C)(C)OC(C3SCCCS3)C2O)O1. The number of hydrogen-bond donors (Lipinski definition) is 1. The lowest BCUT2D eigenvalue weighted by Gasteiger charge is -2.47. The van der Waals surface area contributed by atoms with Gasteiger partial charge in [0.2, 0.25) is 0 Å². The summed E-state index contributed by atoms with van der Waals surface area (Å²) in [4.78, 5) is 0. The topological polar surface area (TPSA) is 57.2 Å². The Labute approximate surface area is 140 Å². The molecule has 5 nitrogen and oxygen atoms in total. The van der Waals surface area contributed by atoms with Crippen molar-refractivity contribution in [2.24, 2.45) is 0 Å². The van der Waals surface area contributed by atoms with Gasteiger partial charge in [0, 0.05) is 0 Å². The van der Waals surface area contributed by atoms with E-state index in [1.807, 2.05) is 51.2 Å². The first-order chi connectivity index (χ1) is 10.3. The fourth-order valence-electron chi connectivity index (χ4n) is 3.09. The van der Waals surface area contributed by atoms with Crippen LogP contribution in [0.3, 0.4) is 0 Å². The molecule has 0 saturated carbocycles. The maximum atomic E-state index is 10.8. The molecule has 3 aliphatic heterocycles. The average Bonchev–Trinajstić information content (AvgIpc) is 2.82. The normalized spacial score (nSPS) is 42.4. The zero-order chi connectivity index (χ0) is 16.0. The summed E-state index contributed by atoms with van der Waals surface area (Å²) < 4.78 is 23.8. The lowest BCUT2D eigenvalue weighted by Crippen LogP contribution is -2.61. The maximum Gasteiger partial charge on any atom is 0.163 e. The van der Waals surface area contributed by atoms with E-state index in [1.165, 1.54) is 6.42 Å². The second-order valence-corrected chi connectivity index (χ2v) is 9.68. The van der Waals surface area contributed by atoms with E-state index in [1.54, 1.807) is 0 Å². The van der Waals surface area contributed by atoms with Crippen LogP contribution in [0.5, 0.6) is 0 Å². The third kappa shape index (κ3) is 3.77. The number of hydrogen-bond acceptors (Lipinski definition) is 7. The molecule has 0 aromatic heterocycles. The Morgan fingerprint density at radius 1 is 0.909 bits per heavy atom. The minimum absolute atomic E-state index is 0.241. The summed E-state index contributed by atoms with van der Waals surface area (Å²) >= 11 is 3.74. The molecule has 3 saturated heterocycles. The van der Waals surface area contributed by atoms with Crippen LogP contribution in [0.2, 0.25) is 0 Å². The summed E-state index contributed by atoms with van der Waals surface area (Å²) in [6.07, 6.45) is -0.450. The van der Waals surface area contributed by atoms with Gasteiger partial charge in [0.25, 0.3) is 0 Å². The Morgan fingerprint density at radius 3 is 2.14 bits per heavy atom. The van der Waals surface area contributed by atoms with Crippen LogP contribution in [0, 0.1) is 0 Å². The van der Waals surface area contributed by atoms with Gasteiger partial charge in [-0.1, -0.05) is 0 Å². The van der Waals surface area contributed by atoms with E-state index in [9.17, 15) is 5.11 Å². The van der Waals surface area contributed by atoms with Gasteiger partial charge in [-0.05, 0) is 45.6 Å². The first-order valence-corrected chi connectivity index (χ1v) is 9.96. The van der Waals surface area contributed by atoms with Gasteiger partial charge < -0.3 is 24.1 Å². The molecule has 0 bridgehead atoms. The molecular weight excluding hydrogens is 324 g/mol. The summed E-state index contributed by atoms with van der Waals surface area (Å²) in [5, 5.41) is 10.8. The molecule has 128 valence electrons. The first-order valence-electron chi connectivity index (χ1n) is 7.86. The highest BCUT2D eigenvalue weighted by Gasteiger charge is 2.52. The Kier molecular flexibility index (Phi) is 5.06. The quantitative estimate of drug-likeness (QED) is 0.819. The minimum Gasteiger partial charge on any atom is -0.388 e. The lowest BCUT2D eigenvalue weighted by atomic mass is 10.0. The van der Waals surface area contributed by atoms with Crippen molar-refractivity contribution in [3.63, 3.8) is 0 Å². The number of rotatable bonds is 2. The molecular formula is C15H26O5S2. The van der Waals surface area contributed by atoms with E-state index >= 15 is 0 Å². The minimum atomic E-state index is -0.733. The van der Waals surface area contributed by atoms with Crippen LogP contribution < -0.4 is 0 Å². The molecule has 3 aliphatic rings. The lowest BCUT2D eigenvalue weighted by molar-refractivity contribution is -0.343. The Hall–Kier alpha value is 0.500. The van der Waals surface area contributed by atoms with Crippen molar-refractivity contribution in [2.45, 2.75) is 74.7 Å². The van der Waals surface area contributed by atoms with Crippen molar-refractivity contribution < 1.29 is 24.1 Å². The molecule has 0 aliphatic carbocycles. The van der Waals surface area contributed by atoms with Crippen LogP contribution in [0.1, 0.15) is 34.1 Å². The summed E-state index contributed by atoms with van der Waals surface area (Å²) in [7, 11) is 0. The Balaban J connectivity index is 1.75. The van der Waals surface area contributed by atoms with E-state index in [0.717, 1.165) is 11.5 Å². The summed E-state index contributed by atoms with van der Waals surface area (Å²) in [6, 6.07) is 0. The summed E-state index contributed by atoms with van der Waals surface area (Å²) in [5.74, 6) is 0.877. The van der Waals surface area contributed by atoms with Crippen LogP contribution >= 0.6 is 23.5 Å². The van der Waals surface area contributed by atoms with Crippen molar-refractivity contribution in [2.75, 3.05) is 18.1 Å². The molecule has 4 unspecified atom stereocenters. The van der Waals surface area contributed by atoms with Crippen molar-refractivity contribution >= 4 is 23.5 Å². The third-order valence-electron chi connectivity index (χ3n) is 4.03. The molecule has 0 amide bonds. The molecule has 1 N–H and O–H groups in total. The molecule has 7 heteroatoms. The molecule has 0 spiro atoms. The van der Waals surface area contributed by atoms with E-state index < -0.39 is 23.8 Å². The molecule has 4 atom stereocenters. The van der Waals surface area contributed by atoms with Crippen molar-refractivity contribution in [1.29, 1.82) is 0 Å². The van der Waals surface area contributed by atoms with Crippen LogP contribution in [0.4, 0.5) is 0 Å². The highest BCUT2D eigenvalue weighted by Crippen LogP contribution is 2.42. The number of aliphatic hydroxyl groups excluding tert-OH is 1. The van der Waals surface area contributed by atoms with E-state index in [-0.39, 0.29) is 16.8 Å². The predicted octanol–water partition coefficient (Wildman–Crippen LogP) is 2.22. The zero-order valence-electron chi connectivity index (χ0n) is 13.6. The van der Waals surface area contributed by atoms with Crippen LogP contribution in [0.15, 0.2) is 0 Å². The standard InChI is InChI=1S/C15H26O5S2/c1-14(2)17-8-9(18-14)11-10(16)12(20-15(3,4)19-11)13-21-6-5-7-22-13/h9-13,16H,5-8H2,1-4H3. The second kappa shape index (κ2) is 6.43. The smallest absolute Gasteiger partial charge is 0.163 e. The van der Waals surface area contributed by atoms with Crippen molar-refractivity contribution in [3.8, 4) is 0 Å². The molecule has 3 rings (SSSR count). The molecule has 3 heterocycles. The third-order valence-corrected chi connectivity index (χ3v) is 7.09. The first kappa shape index (κ1) is 17.3. The number of ether oxygens (including phenoxy) is 4. The second-order valence-electron chi connectivity index (χ2n) is 6.89. The van der Waals surface area contributed by atoms with Gasteiger partial charge in [-0.3, -0.25) is 0 Å². The van der Waals surface area contributed by atoms with Crippen LogP contribution in [-0.4, -0.2) is 63.8 Å². The Bertz CT molecular complexity index is 397. The van der Waals surface area contributed by atoms with Gasteiger partial charge in [0.05, 0.1) is 11.2 Å². The molecule has 3 fully saturated rings. The number of thioether (sulfide) groups is 2. The number of aliphatic hydroxyl groups is 1. The molecule has 0 aromatic rings. The highest BCUT2D eigenvalue weighted by molar-refractivity contribution is 8.17. The summed E-state index contributed by atoms with van der Waals surface area (Å²) in [5.41, 5.74) is 0. The largest absolute Gasteiger partial charge is 0.388 e. The Morgan fingerprint density at radius 2 is 1.55 bits per heavy atom. The van der Waals surface area contributed by atoms with Gasteiger partial charge in [0.1, 0.15) is 24.4 Å². The van der Waals surface area contributed by atoms with E-state index in [2.05, 4.69) is 0 Å². The summed E-state index contributed by atoms with van der Waals surface area (Å²) in [6.45, 7) is 8.00. The molecule has 0 aromatic carbocycles. The van der Waals surface area contributed by atoms with Gasteiger partial charge in [-0.2, -0.15) is 0 Å². The van der Waals surface area contributed by atoms with Gasteiger partial charge in [0.15, 0.2) is 11.6 Å². The predicted molar refractivity (Wildman–Crippen MR) is 88.1 cm³/mol. The van der Waals surface area contributed by atoms with Crippen LogP contribution in [-0.2, 0) is 18.9 Å². The van der Waals surface area contributed by atoms with Gasteiger partial charge in [-0.15, -0.1) is 23.5 Å². The fraction of sp³-hybridized carbons (Fsp3) is 1.00. The fourth-order valence-corrected chi connectivity index (χ4v) is 6.14. The van der Waals surface area contributed by atoms with Crippen molar-refractivity contribution in [3.05, 3.63) is 0 Å². The molecule has 22 heavy (non-hydrogen) atoms. The molecule has 0 radical (unpaired) electrons. The van der Waals surface area contributed by atoms with Gasteiger partial charge in [-0.25, -0.2) is 0 Å². The van der Waals surface area contributed by atoms with E-state index in [0.29, 0.717) is 6.61 Å². The van der Waals surface area contributed by atoms with Crippen molar-refractivity contribution in [1.82, 2.24) is 0 Å². The zero-order valence-corrected chi connectivity index (χ0v) is 15.2. The maximum absolute atomic E-state index is 10.8. The van der Waals surface area contributed by atoms with E-state index in [4.69, 9.17) is 18.9 Å². The van der Waals surface area contributed by atoms with Crippen LogP contribution in [0.25, 0.3) is 0 Å². The average molecular weight is 351 g/mol. The highest BCUT2D eigenvalue weighted by atomic mass is 32.2.